The molecular formula is C36H30N6O3S. The average molecular weight is 627 g/mol. The molecule has 2 amide bonds. The van der Waals surface area contributed by atoms with Crippen LogP contribution >= 0.6 is 11.3 Å². The molecule has 0 aliphatic rings. The van der Waals surface area contributed by atoms with Crippen molar-refractivity contribution in [1.82, 2.24) is 19.9 Å². The summed E-state index contributed by atoms with van der Waals surface area (Å²) in [6.45, 7) is 1.27. The number of nitriles is 1. The number of nitrogens with zero attached hydrogens (tertiary/aromatic N) is 5. The second kappa shape index (κ2) is 13.9. The van der Waals surface area contributed by atoms with E-state index in [2.05, 4.69) is 21.4 Å². The molecule has 3 heterocycles. The average Bonchev–Trinajstić information content (AvgIpc) is 3.74. The van der Waals surface area contributed by atoms with Crippen molar-refractivity contribution < 1.29 is 14.3 Å². The lowest BCUT2D eigenvalue weighted by atomic mass is 10.1. The highest BCUT2D eigenvalue weighted by molar-refractivity contribution is 7.20. The number of ether oxygens (including phenoxy) is 1. The molecule has 0 spiro atoms. The van der Waals surface area contributed by atoms with Crippen molar-refractivity contribution in [2.45, 2.75) is 19.5 Å². The number of pyridine rings is 1. The third-order valence-corrected chi connectivity index (χ3v) is 8.66. The maximum absolute atomic E-state index is 14.1. The molecule has 9 nitrogen and oxygen atoms in total. The van der Waals surface area contributed by atoms with Gasteiger partial charge in [-0.1, -0.05) is 24.3 Å². The summed E-state index contributed by atoms with van der Waals surface area (Å²) >= 11 is 1.41. The fourth-order valence-electron chi connectivity index (χ4n) is 5.11. The summed E-state index contributed by atoms with van der Waals surface area (Å²) in [5.74, 6) is 0.241. The third kappa shape index (κ3) is 6.96. The van der Waals surface area contributed by atoms with Gasteiger partial charge in [0.05, 0.1) is 42.2 Å². The number of methoxy groups -OCH3 is 1. The number of benzene rings is 3. The predicted octanol–water partition coefficient (Wildman–Crippen LogP) is 6.24. The zero-order valence-electron chi connectivity index (χ0n) is 25.1. The Morgan fingerprint density at radius 2 is 1.89 bits per heavy atom. The molecule has 0 bridgehead atoms. The molecule has 1 N–H and O–H groups in total. The summed E-state index contributed by atoms with van der Waals surface area (Å²) < 4.78 is 8.32. The van der Waals surface area contributed by atoms with Gasteiger partial charge in [0.1, 0.15) is 5.75 Å². The third-order valence-electron chi connectivity index (χ3n) is 7.54. The number of carbonyl (C=O) groups excluding carboxylic acids is 2. The van der Waals surface area contributed by atoms with Crippen LogP contribution in [0, 0.1) is 11.3 Å². The molecule has 0 saturated heterocycles. The first-order valence-corrected chi connectivity index (χ1v) is 15.5. The van der Waals surface area contributed by atoms with Gasteiger partial charge in [-0.25, -0.2) is 4.98 Å². The van der Waals surface area contributed by atoms with Gasteiger partial charge in [0, 0.05) is 53.5 Å². The van der Waals surface area contributed by atoms with Crippen LogP contribution in [0.5, 0.6) is 5.75 Å². The molecule has 3 aromatic heterocycles. The highest BCUT2D eigenvalue weighted by atomic mass is 32.1. The normalized spacial score (nSPS) is 10.8. The quantitative estimate of drug-likeness (QED) is 0.182. The summed E-state index contributed by atoms with van der Waals surface area (Å²) in [4.78, 5) is 38.1. The van der Waals surface area contributed by atoms with E-state index in [1.165, 1.54) is 11.3 Å². The minimum Gasteiger partial charge on any atom is -0.497 e. The van der Waals surface area contributed by atoms with Crippen LogP contribution in [0.3, 0.4) is 0 Å². The standard InChI is InChI=1S/C36H30N6O3S/c1-45-32-7-4-5-27(18-32)36(44)42(23-31-21-38-24-41(31)22-26-10-8-25(20-37)9-11-26)30-12-13-33-28(17-30)19-34(46-33)35(43)40-16-14-29-6-2-3-15-39-29/h2-13,15,17-19,21,24H,14,16,22-23H2,1H3,(H,40,43). The maximum atomic E-state index is 14.1. The van der Waals surface area contributed by atoms with E-state index in [1.54, 1.807) is 67.1 Å². The van der Waals surface area contributed by atoms with Gasteiger partial charge >= 0.3 is 0 Å². The Hall–Kier alpha value is -5.79. The molecule has 6 rings (SSSR count). The Bertz CT molecular complexity index is 2030. The van der Waals surface area contributed by atoms with Crippen LogP contribution in [-0.4, -0.2) is 40.0 Å². The number of hydrogen-bond acceptors (Lipinski definition) is 7. The Morgan fingerprint density at radius 3 is 2.67 bits per heavy atom. The van der Waals surface area contributed by atoms with Crippen molar-refractivity contribution in [2.24, 2.45) is 0 Å². The van der Waals surface area contributed by atoms with Crippen LogP contribution in [0.4, 0.5) is 5.69 Å². The first kappa shape index (κ1) is 30.2. The number of thiophene rings is 1. The lowest BCUT2D eigenvalue weighted by Crippen LogP contribution is -2.31. The van der Waals surface area contributed by atoms with Gasteiger partial charge in [-0.3, -0.25) is 14.6 Å². The molecule has 46 heavy (non-hydrogen) atoms. The van der Waals surface area contributed by atoms with Crippen LogP contribution < -0.4 is 15.0 Å². The molecular weight excluding hydrogens is 597 g/mol. The van der Waals surface area contributed by atoms with Crippen LogP contribution in [0.2, 0.25) is 0 Å². The van der Waals surface area contributed by atoms with Gasteiger partial charge in [-0.2, -0.15) is 5.26 Å². The smallest absolute Gasteiger partial charge is 0.261 e. The van der Waals surface area contributed by atoms with Crippen molar-refractivity contribution in [3.8, 4) is 11.8 Å². The first-order valence-electron chi connectivity index (χ1n) is 14.7. The molecule has 6 aromatic rings. The topological polar surface area (TPSA) is 113 Å². The summed E-state index contributed by atoms with van der Waals surface area (Å²) in [5, 5.41) is 13.0. The maximum Gasteiger partial charge on any atom is 0.261 e. The Labute approximate surface area is 270 Å². The van der Waals surface area contributed by atoms with E-state index in [9.17, 15) is 9.59 Å². The van der Waals surface area contributed by atoms with Gasteiger partial charge in [0.25, 0.3) is 11.8 Å². The summed E-state index contributed by atoms with van der Waals surface area (Å²) in [7, 11) is 1.57. The van der Waals surface area contributed by atoms with Gasteiger partial charge in [-0.15, -0.1) is 11.3 Å². The van der Waals surface area contributed by atoms with Crippen molar-refractivity contribution in [2.75, 3.05) is 18.6 Å². The van der Waals surface area contributed by atoms with E-state index in [1.807, 2.05) is 59.2 Å². The Morgan fingerprint density at radius 1 is 1.02 bits per heavy atom. The van der Waals surface area contributed by atoms with Crippen molar-refractivity contribution in [3.05, 3.63) is 143 Å². The summed E-state index contributed by atoms with van der Waals surface area (Å²) in [5.41, 5.74) is 4.53. The number of aromatic nitrogens is 3. The zero-order valence-corrected chi connectivity index (χ0v) is 25.9. The molecule has 3 aromatic carbocycles. The number of hydrogen-bond donors (Lipinski definition) is 1. The molecule has 0 saturated carbocycles. The van der Waals surface area contributed by atoms with Gasteiger partial charge in [0.15, 0.2) is 0 Å². The number of imidazole rings is 1. The van der Waals surface area contributed by atoms with Crippen molar-refractivity contribution in [1.29, 1.82) is 5.26 Å². The van der Waals surface area contributed by atoms with Crippen LogP contribution in [0.15, 0.2) is 110 Å². The van der Waals surface area contributed by atoms with E-state index in [0.717, 1.165) is 27.0 Å². The fraction of sp³-hybridized carbons (Fsp3) is 0.139. The minimum absolute atomic E-state index is 0.144. The number of rotatable bonds is 11. The molecule has 0 aliphatic carbocycles. The number of carbonyl (C=O) groups is 2. The molecule has 0 radical (unpaired) electrons. The van der Waals surface area contributed by atoms with Gasteiger partial charge < -0.3 is 19.5 Å². The Kier molecular flexibility index (Phi) is 9.13. The molecule has 228 valence electrons. The second-order valence-electron chi connectivity index (χ2n) is 10.6. The number of fused-ring (bicyclic) bond motifs is 1. The molecule has 0 atom stereocenters. The predicted molar refractivity (Wildman–Crippen MR) is 178 cm³/mol. The highest BCUT2D eigenvalue weighted by Gasteiger charge is 2.22. The lowest BCUT2D eigenvalue weighted by molar-refractivity contribution is 0.0956. The fourth-order valence-corrected chi connectivity index (χ4v) is 6.07. The van der Waals surface area contributed by atoms with Gasteiger partial charge in [-0.05, 0) is 77.7 Å². The minimum atomic E-state index is -0.202. The highest BCUT2D eigenvalue weighted by Crippen LogP contribution is 2.31. The van der Waals surface area contributed by atoms with E-state index < -0.39 is 0 Å². The number of nitrogens with one attached hydrogen (secondary N) is 1. The van der Waals surface area contributed by atoms with E-state index in [4.69, 9.17) is 10.00 Å². The first-order chi connectivity index (χ1) is 22.5. The molecule has 0 unspecified atom stereocenters. The lowest BCUT2D eigenvalue weighted by Gasteiger charge is -2.24. The summed E-state index contributed by atoms with van der Waals surface area (Å²) in [6.07, 6.45) is 5.88. The molecule has 10 heteroatoms. The van der Waals surface area contributed by atoms with E-state index in [0.29, 0.717) is 47.0 Å². The monoisotopic (exact) mass is 626 g/mol. The largest absolute Gasteiger partial charge is 0.497 e. The molecule has 0 aliphatic heterocycles. The summed E-state index contributed by atoms with van der Waals surface area (Å²) in [6, 6.07) is 30.0. The van der Waals surface area contributed by atoms with Crippen molar-refractivity contribution >= 4 is 38.9 Å². The zero-order chi connectivity index (χ0) is 31.9. The SMILES string of the molecule is COc1cccc(C(=O)N(Cc2cncn2Cc2ccc(C#N)cc2)c2ccc3sc(C(=O)NCCc4ccccn4)cc3c2)c1. The van der Waals surface area contributed by atoms with Crippen molar-refractivity contribution in [3.63, 3.8) is 0 Å². The van der Waals surface area contributed by atoms with Crippen LogP contribution in [0.25, 0.3) is 10.1 Å². The molecule has 0 fully saturated rings. The van der Waals surface area contributed by atoms with Crippen LogP contribution in [-0.2, 0) is 19.5 Å². The number of amides is 2. The van der Waals surface area contributed by atoms with Gasteiger partial charge in [0.2, 0.25) is 0 Å². The van der Waals surface area contributed by atoms with E-state index >= 15 is 0 Å². The van der Waals surface area contributed by atoms with E-state index in [-0.39, 0.29) is 18.4 Å². The number of anilines is 1. The Balaban J connectivity index is 1.27. The van der Waals surface area contributed by atoms with Crippen LogP contribution in [0.1, 0.15) is 42.5 Å². The second-order valence-corrected chi connectivity index (χ2v) is 11.7.